The fourth-order valence-corrected chi connectivity index (χ4v) is 2.39. The Morgan fingerprint density at radius 2 is 1.67 bits per heavy atom. The minimum absolute atomic E-state index is 0.121. The molecule has 0 aromatic heterocycles. The minimum Gasteiger partial charge on any atom is -0.464 e. The van der Waals surface area contributed by atoms with Crippen LogP contribution in [-0.4, -0.2) is 22.6 Å². The first-order valence-electron chi connectivity index (χ1n) is 5.37. The van der Waals surface area contributed by atoms with Gasteiger partial charge in [0, 0.05) is 10.00 Å². The van der Waals surface area contributed by atoms with Gasteiger partial charge < -0.3 is 4.74 Å². The van der Waals surface area contributed by atoms with Gasteiger partial charge in [-0.25, -0.2) is 0 Å². The van der Waals surface area contributed by atoms with Crippen LogP contribution < -0.4 is 0 Å². The Hall–Kier alpha value is -0.180. The number of thioether (sulfide) groups is 1. The quantitative estimate of drug-likeness (QED) is 0.697. The second-order valence-electron chi connectivity index (χ2n) is 5.89. The lowest BCUT2D eigenvalue weighted by Gasteiger charge is -2.24. The Morgan fingerprint density at radius 1 is 1.20 bits per heavy atom. The molecule has 90 valence electrons. The Labute approximate surface area is 98.2 Å². The standard InChI is InChI=1S/C12H24O2S/c1-9(15-12(5,6)7)8-14-10(13)11(2,3)4/h9H,8H2,1-7H3. The Balaban J connectivity index is 3.92. The molecule has 0 amide bonds. The van der Waals surface area contributed by atoms with Crippen LogP contribution in [0.2, 0.25) is 0 Å². The summed E-state index contributed by atoms with van der Waals surface area (Å²) in [5, 5.41) is 0.344. The molecule has 0 saturated carbocycles. The van der Waals surface area contributed by atoms with E-state index in [1.54, 1.807) is 0 Å². The molecule has 0 aliphatic heterocycles. The third-order valence-electron chi connectivity index (χ3n) is 1.62. The monoisotopic (exact) mass is 232 g/mol. The molecule has 0 aliphatic carbocycles. The Bertz CT molecular complexity index is 211. The van der Waals surface area contributed by atoms with Crippen LogP contribution in [0.15, 0.2) is 0 Å². The van der Waals surface area contributed by atoms with Gasteiger partial charge in [-0.1, -0.05) is 20.8 Å². The number of carbonyl (C=O) groups excluding carboxylic acids is 1. The number of rotatable bonds is 3. The molecule has 0 bridgehead atoms. The summed E-state index contributed by atoms with van der Waals surface area (Å²) < 4.78 is 5.47. The molecule has 0 aromatic carbocycles. The third-order valence-corrected chi connectivity index (χ3v) is 2.86. The molecule has 0 aromatic rings. The Kier molecular flexibility index (Phi) is 5.18. The largest absolute Gasteiger partial charge is 0.464 e. The van der Waals surface area contributed by atoms with Crippen molar-refractivity contribution in [1.82, 2.24) is 0 Å². The summed E-state index contributed by atoms with van der Waals surface area (Å²) >= 11 is 1.83. The highest BCUT2D eigenvalue weighted by atomic mass is 32.2. The maximum atomic E-state index is 11.5. The predicted molar refractivity (Wildman–Crippen MR) is 67.2 cm³/mol. The van der Waals surface area contributed by atoms with Crippen molar-refractivity contribution in [2.75, 3.05) is 6.61 Å². The molecule has 0 saturated heterocycles. The molecule has 2 nitrogen and oxygen atoms in total. The molecular weight excluding hydrogens is 208 g/mol. The van der Waals surface area contributed by atoms with Gasteiger partial charge in [0.05, 0.1) is 5.41 Å². The summed E-state index contributed by atoms with van der Waals surface area (Å²) in [7, 11) is 0. The number of carbonyl (C=O) groups is 1. The van der Waals surface area contributed by atoms with Crippen LogP contribution in [0.3, 0.4) is 0 Å². The van der Waals surface area contributed by atoms with E-state index in [1.165, 1.54) is 0 Å². The fraction of sp³-hybridized carbons (Fsp3) is 0.917. The molecule has 0 aliphatic rings. The van der Waals surface area contributed by atoms with Crippen LogP contribution in [0.4, 0.5) is 0 Å². The highest BCUT2D eigenvalue weighted by Crippen LogP contribution is 2.28. The van der Waals surface area contributed by atoms with Crippen molar-refractivity contribution in [3.8, 4) is 0 Å². The highest BCUT2D eigenvalue weighted by molar-refractivity contribution is 8.01. The van der Waals surface area contributed by atoms with Crippen molar-refractivity contribution in [2.24, 2.45) is 5.41 Å². The molecular formula is C12H24O2S. The van der Waals surface area contributed by atoms with Crippen molar-refractivity contribution in [2.45, 2.75) is 58.5 Å². The van der Waals surface area contributed by atoms with Crippen LogP contribution in [0.1, 0.15) is 48.5 Å². The smallest absolute Gasteiger partial charge is 0.311 e. The van der Waals surface area contributed by atoms with Gasteiger partial charge in [-0.05, 0) is 27.7 Å². The van der Waals surface area contributed by atoms with E-state index in [9.17, 15) is 4.79 Å². The molecule has 0 spiro atoms. The van der Waals surface area contributed by atoms with E-state index in [2.05, 4.69) is 27.7 Å². The molecule has 0 N–H and O–H groups in total. The normalized spacial score (nSPS) is 14.9. The van der Waals surface area contributed by atoms with Gasteiger partial charge in [0.15, 0.2) is 0 Å². The van der Waals surface area contributed by atoms with Gasteiger partial charge in [0.2, 0.25) is 0 Å². The van der Waals surface area contributed by atoms with Crippen molar-refractivity contribution in [1.29, 1.82) is 0 Å². The molecule has 0 fully saturated rings. The van der Waals surface area contributed by atoms with E-state index in [0.717, 1.165) is 0 Å². The second-order valence-corrected chi connectivity index (χ2v) is 8.15. The molecule has 15 heavy (non-hydrogen) atoms. The van der Waals surface area contributed by atoms with E-state index >= 15 is 0 Å². The highest BCUT2D eigenvalue weighted by Gasteiger charge is 2.24. The number of ether oxygens (including phenoxy) is 1. The van der Waals surface area contributed by atoms with Crippen LogP contribution in [-0.2, 0) is 9.53 Å². The summed E-state index contributed by atoms with van der Waals surface area (Å²) in [4.78, 5) is 11.5. The molecule has 0 rings (SSSR count). The van der Waals surface area contributed by atoms with Gasteiger partial charge in [-0.3, -0.25) is 4.79 Å². The number of hydrogen-bond donors (Lipinski definition) is 0. The average molecular weight is 232 g/mol. The van der Waals surface area contributed by atoms with E-state index in [1.807, 2.05) is 32.5 Å². The van der Waals surface area contributed by atoms with Crippen molar-refractivity contribution < 1.29 is 9.53 Å². The molecule has 1 unspecified atom stereocenters. The zero-order valence-electron chi connectivity index (χ0n) is 11.0. The van der Waals surface area contributed by atoms with Crippen LogP contribution in [0.25, 0.3) is 0 Å². The lowest BCUT2D eigenvalue weighted by Crippen LogP contribution is -2.26. The minimum atomic E-state index is -0.397. The predicted octanol–water partition coefficient (Wildman–Crippen LogP) is 3.50. The van der Waals surface area contributed by atoms with Gasteiger partial charge in [-0.2, -0.15) is 0 Å². The van der Waals surface area contributed by atoms with Crippen LogP contribution >= 0.6 is 11.8 Å². The first-order valence-corrected chi connectivity index (χ1v) is 6.25. The van der Waals surface area contributed by atoms with E-state index in [0.29, 0.717) is 11.9 Å². The summed E-state index contributed by atoms with van der Waals surface area (Å²) in [5.41, 5.74) is -0.397. The lowest BCUT2D eigenvalue weighted by molar-refractivity contribution is -0.152. The van der Waals surface area contributed by atoms with Crippen LogP contribution in [0, 0.1) is 5.41 Å². The van der Waals surface area contributed by atoms with Gasteiger partial charge in [0.1, 0.15) is 6.61 Å². The lowest BCUT2D eigenvalue weighted by atomic mass is 9.97. The molecule has 0 radical (unpaired) electrons. The van der Waals surface area contributed by atoms with Gasteiger partial charge >= 0.3 is 5.97 Å². The summed E-state index contributed by atoms with van der Waals surface area (Å²) in [6.45, 7) is 14.7. The second kappa shape index (κ2) is 5.24. The zero-order chi connectivity index (χ0) is 12.3. The molecule has 3 heteroatoms. The van der Waals surface area contributed by atoms with E-state index in [4.69, 9.17) is 4.74 Å². The zero-order valence-corrected chi connectivity index (χ0v) is 11.8. The molecule has 0 heterocycles. The first kappa shape index (κ1) is 14.8. The number of hydrogen-bond acceptors (Lipinski definition) is 3. The number of esters is 1. The van der Waals surface area contributed by atoms with Crippen molar-refractivity contribution in [3.05, 3.63) is 0 Å². The average Bonchev–Trinajstić information content (AvgIpc) is 1.94. The van der Waals surface area contributed by atoms with Crippen molar-refractivity contribution >= 4 is 17.7 Å². The third kappa shape index (κ3) is 7.71. The van der Waals surface area contributed by atoms with E-state index in [-0.39, 0.29) is 10.7 Å². The topological polar surface area (TPSA) is 26.3 Å². The summed E-state index contributed by atoms with van der Waals surface area (Å²) in [6.07, 6.45) is 0. The van der Waals surface area contributed by atoms with Gasteiger partial charge in [-0.15, -0.1) is 11.8 Å². The maximum Gasteiger partial charge on any atom is 0.311 e. The summed E-state index contributed by atoms with van der Waals surface area (Å²) in [6, 6.07) is 0. The van der Waals surface area contributed by atoms with Crippen LogP contribution in [0.5, 0.6) is 0 Å². The summed E-state index contributed by atoms with van der Waals surface area (Å²) in [5.74, 6) is -0.121. The maximum absolute atomic E-state index is 11.5. The molecule has 1 atom stereocenters. The Morgan fingerprint density at radius 3 is 2.00 bits per heavy atom. The van der Waals surface area contributed by atoms with Gasteiger partial charge in [0.25, 0.3) is 0 Å². The van der Waals surface area contributed by atoms with E-state index < -0.39 is 5.41 Å². The fourth-order valence-electron chi connectivity index (χ4n) is 1.05. The SMILES string of the molecule is CC(COC(=O)C(C)(C)C)SC(C)(C)C. The first-order chi connectivity index (χ1) is 6.52. The van der Waals surface area contributed by atoms with Crippen molar-refractivity contribution in [3.63, 3.8) is 0 Å².